The molecule has 1 aliphatic heterocycles. The summed E-state index contributed by atoms with van der Waals surface area (Å²) in [4.78, 5) is 13.7. The van der Waals surface area contributed by atoms with E-state index in [4.69, 9.17) is 4.74 Å². The maximum absolute atomic E-state index is 11.8. The Morgan fingerprint density at radius 2 is 2.06 bits per heavy atom. The highest BCUT2D eigenvalue weighted by atomic mass is 16.5. The van der Waals surface area contributed by atoms with E-state index < -0.39 is 0 Å². The number of morpholine rings is 1. The normalized spacial score (nSPS) is 21.2. The molecule has 1 aromatic carbocycles. The van der Waals surface area contributed by atoms with Crippen molar-refractivity contribution in [2.45, 2.75) is 26.5 Å². The first-order valence-corrected chi connectivity index (χ1v) is 5.63. The van der Waals surface area contributed by atoms with Gasteiger partial charge in [-0.15, -0.1) is 0 Å². The van der Waals surface area contributed by atoms with Gasteiger partial charge in [-0.05, 0) is 19.4 Å². The number of aryl methyl sites for hydroxylation is 1. The Morgan fingerprint density at radius 3 is 2.75 bits per heavy atom. The van der Waals surface area contributed by atoms with Crippen LogP contribution in [-0.2, 0) is 16.1 Å². The van der Waals surface area contributed by atoms with Gasteiger partial charge in [0, 0.05) is 13.1 Å². The number of ether oxygens (including phenoxy) is 1. The van der Waals surface area contributed by atoms with E-state index >= 15 is 0 Å². The van der Waals surface area contributed by atoms with Crippen LogP contribution in [0, 0.1) is 6.92 Å². The van der Waals surface area contributed by atoms with Crippen molar-refractivity contribution in [2.75, 3.05) is 13.2 Å². The summed E-state index contributed by atoms with van der Waals surface area (Å²) in [6.07, 6.45) is -0.292. The van der Waals surface area contributed by atoms with Crippen molar-refractivity contribution in [3.05, 3.63) is 35.4 Å². The molecule has 86 valence electrons. The summed E-state index contributed by atoms with van der Waals surface area (Å²) >= 11 is 0. The predicted octanol–water partition coefficient (Wildman–Crippen LogP) is 1.74. The van der Waals surface area contributed by atoms with Crippen LogP contribution in [0.3, 0.4) is 0 Å². The number of carbonyl (C=O) groups is 1. The molecule has 1 unspecified atom stereocenters. The van der Waals surface area contributed by atoms with E-state index in [2.05, 4.69) is 31.2 Å². The molecule has 1 aliphatic rings. The van der Waals surface area contributed by atoms with Gasteiger partial charge in [0.2, 0.25) is 0 Å². The number of carbonyl (C=O) groups excluding carboxylic acids is 1. The Bertz CT molecular complexity index is 372. The van der Waals surface area contributed by atoms with Crippen LogP contribution in [0.25, 0.3) is 0 Å². The fourth-order valence-corrected chi connectivity index (χ4v) is 1.85. The SMILES string of the molecule is Cc1ccc(CN2CCOC(C)C2=O)cc1. The highest BCUT2D eigenvalue weighted by Gasteiger charge is 2.25. The molecule has 16 heavy (non-hydrogen) atoms. The van der Waals surface area contributed by atoms with E-state index in [1.54, 1.807) is 0 Å². The van der Waals surface area contributed by atoms with Crippen LogP contribution in [0.4, 0.5) is 0 Å². The lowest BCUT2D eigenvalue weighted by molar-refractivity contribution is -0.152. The first kappa shape index (κ1) is 11.1. The molecule has 1 fully saturated rings. The van der Waals surface area contributed by atoms with Crippen molar-refractivity contribution in [1.29, 1.82) is 0 Å². The lowest BCUT2D eigenvalue weighted by Gasteiger charge is -2.30. The summed E-state index contributed by atoms with van der Waals surface area (Å²) in [6.45, 7) is 5.89. The minimum Gasteiger partial charge on any atom is -0.367 e. The zero-order chi connectivity index (χ0) is 11.5. The number of hydrogen-bond acceptors (Lipinski definition) is 2. The molecular formula is C13H17NO2. The number of nitrogens with zero attached hydrogens (tertiary/aromatic N) is 1. The van der Waals surface area contributed by atoms with E-state index in [-0.39, 0.29) is 12.0 Å². The van der Waals surface area contributed by atoms with Gasteiger partial charge in [0.1, 0.15) is 6.10 Å². The summed E-state index contributed by atoms with van der Waals surface area (Å²) in [7, 11) is 0. The number of amides is 1. The van der Waals surface area contributed by atoms with Gasteiger partial charge >= 0.3 is 0 Å². The summed E-state index contributed by atoms with van der Waals surface area (Å²) in [5.74, 6) is 0.0897. The highest BCUT2D eigenvalue weighted by molar-refractivity contribution is 5.81. The molecule has 1 heterocycles. The van der Waals surface area contributed by atoms with Gasteiger partial charge in [0.15, 0.2) is 0 Å². The van der Waals surface area contributed by atoms with Crippen LogP contribution in [0.2, 0.25) is 0 Å². The molecule has 1 aromatic rings. The number of hydrogen-bond donors (Lipinski definition) is 0. The molecule has 1 amide bonds. The summed E-state index contributed by atoms with van der Waals surface area (Å²) in [6, 6.07) is 8.29. The van der Waals surface area contributed by atoms with Crippen molar-refractivity contribution in [1.82, 2.24) is 4.90 Å². The second kappa shape index (κ2) is 4.66. The van der Waals surface area contributed by atoms with Crippen LogP contribution >= 0.6 is 0 Å². The zero-order valence-electron chi connectivity index (χ0n) is 9.77. The van der Waals surface area contributed by atoms with Crippen molar-refractivity contribution in [3.8, 4) is 0 Å². The van der Waals surface area contributed by atoms with Crippen molar-refractivity contribution in [3.63, 3.8) is 0 Å². The Hall–Kier alpha value is -1.35. The smallest absolute Gasteiger partial charge is 0.251 e. The second-order valence-electron chi connectivity index (χ2n) is 4.26. The molecule has 0 bridgehead atoms. The van der Waals surface area contributed by atoms with Gasteiger partial charge in [-0.1, -0.05) is 29.8 Å². The fourth-order valence-electron chi connectivity index (χ4n) is 1.85. The average molecular weight is 219 g/mol. The molecule has 3 heteroatoms. The second-order valence-corrected chi connectivity index (χ2v) is 4.26. The van der Waals surface area contributed by atoms with Crippen molar-refractivity contribution >= 4 is 5.91 Å². The summed E-state index contributed by atoms with van der Waals surface area (Å²) in [5, 5.41) is 0. The first-order chi connectivity index (χ1) is 7.66. The van der Waals surface area contributed by atoms with E-state index in [9.17, 15) is 4.79 Å². The first-order valence-electron chi connectivity index (χ1n) is 5.63. The third-order valence-electron chi connectivity index (χ3n) is 2.88. The van der Waals surface area contributed by atoms with Gasteiger partial charge in [-0.2, -0.15) is 0 Å². The molecular weight excluding hydrogens is 202 g/mol. The third-order valence-corrected chi connectivity index (χ3v) is 2.88. The van der Waals surface area contributed by atoms with Crippen molar-refractivity contribution in [2.24, 2.45) is 0 Å². The van der Waals surface area contributed by atoms with Crippen LogP contribution < -0.4 is 0 Å². The molecule has 0 radical (unpaired) electrons. The number of benzene rings is 1. The van der Waals surface area contributed by atoms with Gasteiger partial charge in [0.05, 0.1) is 6.61 Å². The molecule has 0 aliphatic carbocycles. The maximum Gasteiger partial charge on any atom is 0.251 e. The van der Waals surface area contributed by atoms with E-state index in [1.807, 2.05) is 11.8 Å². The minimum absolute atomic E-state index is 0.0897. The fraction of sp³-hybridized carbons (Fsp3) is 0.462. The monoisotopic (exact) mass is 219 g/mol. The van der Waals surface area contributed by atoms with Crippen LogP contribution in [0.15, 0.2) is 24.3 Å². The number of rotatable bonds is 2. The molecule has 3 nitrogen and oxygen atoms in total. The van der Waals surface area contributed by atoms with Gasteiger partial charge < -0.3 is 9.64 Å². The van der Waals surface area contributed by atoms with Gasteiger partial charge in [0.25, 0.3) is 5.91 Å². The maximum atomic E-state index is 11.8. The third kappa shape index (κ3) is 2.42. The van der Waals surface area contributed by atoms with E-state index in [0.29, 0.717) is 19.7 Å². The average Bonchev–Trinajstić information content (AvgIpc) is 2.28. The van der Waals surface area contributed by atoms with Crippen LogP contribution in [0.5, 0.6) is 0 Å². The molecule has 0 spiro atoms. The molecule has 2 rings (SSSR count). The Balaban J connectivity index is 2.03. The standard InChI is InChI=1S/C13H17NO2/c1-10-3-5-12(6-4-10)9-14-7-8-16-11(2)13(14)15/h3-6,11H,7-9H2,1-2H3. The molecule has 1 saturated heterocycles. The Morgan fingerprint density at radius 1 is 1.38 bits per heavy atom. The van der Waals surface area contributed by atoms with Crippen molar-refractivity contribution < 1.29 is 9.53 Å². The van der Waals surface area contributed by atoms with E-state index in [0.717, 1.165) is 0 Å². The lowest BCUT2D eigenvalue weighted by atomic mass is 10.1. The highest BCUT2D eigenvalue weighted by Crippen LogP contribution is 2.12. The predicted molar refractivity (Wildman–Crippen MR) is 62.0 cm³/mol. The van der Waals surface area contributed by atoms with Crippen LogP contribution in [0.1, 0.15) is 18.1 Å². The summed E-state index contributed by atoms with van der Waals surface area (Å²) in [5.41, 5.74) is 2.42. The quantitative estimate of drug-likeness (QED) is 0.758. The lowest BCUT2D eigenvalue weighted by Crippen LogP contribution is -2.45. The Kier molecular flexibility index (Phi) is 3.25. The molecule has 0 saturated carbocycles. The molecule has 0 aromatic heterocycles. The van der Waals surface area contributed by atoms with Gasteiger partial charge in [-0.3, -0.25) is 4.79 Å². The Labute approximate surface area is 96.0 Å². The van der Waals surface area contributed by atoms with E-state index in [1.165, 1.54) is 11.1 Å². The largest absolute Gasteiger partial charge is 0.367 e. The summed E-state index contributed by atoms with van der Waals surface area (Å²) < 4.78 is 5.29. The minimum atomic E-state index is -0.292. The zero-order valence-corrected chi connectivity index (χ0v) is 9.77. The van der Waals surface area contributed by atoms with Gasteiger partial charge in [-0.25, -0.2) is 0 Å². The molecule has 1 atom stereocenters. The molecule has 0 N–H and O–H groups in total. The topological polar surface area (TPSA) is 29.5 Å². The van der Waals surface area contributed by atoms with Crippen LogP contribution in [-0.4, -0.2) is 30.1 Å².